The van der Waals surface area contributed by atoms with Crippen molar-refractivity contribution in [2.45, 2.75) is 11.8 Å². The summed E-state index contributed by atoms with van der Waals surface area (Å²) in [5, 5.41) is 0. The van der Waals surface area contributed by atoms with Gasteiger partial charge in [0, 0.05) is 11.4 Å². The van der Waals surface area contributed by atoms with Gasteiger partial charge >= 0.3 is 0 Å². The van der Waals surface area contributed by atoms with Crippen molar-refractivity contribution in [3.8, 4) is 0 Å². The van der Waals surface area contributed by atoms with Gasteiger partial charge in [-0.3, -0.25) is 4.72 Å². The molecule has 0 saturated carbocycles. The zero-order chi connectivity index (χ0) is 14.0. The van der Waals surface area contributed by atoms with Crippen molar-refractivity contribution in [3.63, 3.8) is 0 Å². The summed E-state index contributed by atoms with van der Waals surface area (Å²) in [5.74, 6) is -0.424. The second-order valence-electron chi connectivity index (χ2n) is 4.14. The molecule has 0 aliphatic heterocycles. The summed E-state index contributed by atoms with van der Waals surface area (Å²) in [7, 11) is -3.70. The normalized spacial score (nSPS) is 11.3. The molecule has 0 bridgehead atoms. The molecule has 2 rings (SSSR count). The highest BCUT2D eigenvalue weighted by Crippen LogP contribution is 2.21. The Morgan fingerprint density at radius 1 is 1.11 bits per heavy atom. The minimum atomic E-state index is -3.70. The Balaban J connectivity index is 2.35. The molecule has 6 heteroatoms. The van der Waals surface area contributed by atoms with Crippen molar-refractivity contribution < 1.29 is 12.8 Å². The SMILES string of the molecule is Cc1cc(N)ccc1S(=O)(=O)Nc1ccc(F)cc1. The summed E-state index contributed by atoms with van der Waals surface area (Å²) in [4.78, 5) is 0.144. The highest BCUT2D eigenvalue weighted by Gasteiger charge is 2.16. The first kappa shape index (κ1) is 13.4. The first-order valence-corrected chi connectivity index (χ1v) is 7.01. The lowest BCUT2D eigenvalue weighted by Crippen LogP contribution is -2.14. The number of rotatable bonds is 3. The zero-order valence-corrected chi connectivity index (χ0v) is 11.0. The molecule has 4 nitrogen and oxygen atoms in total. The van der Waals surface area contributed by atoms with Crippen LogP contribution in [0.1, 0.15) is 5.56 Å². The molecule has 0 aliphatic carbocycles. The summed E-state index contributed by atoms with van der Waals surface area (Å²) in [5.41, 5.74) is 6.94. The number of sulfonamides is 1. The largest absolute Gasteiger partial charge is 0.399 e. The van der Waals surface area contributed by atoms with Crippen molar-refractivity contribution in [2.75, 3.05) is 10.5 Å². The van der Waals surface area contributed by atoms with Crippen LogP contribution in [0.2, 0.25) is 0 Å². The van der Waals surface area contributed by atoms with Crippen LogP contribution in [0.15, 0.2) is 47.4 Å². The maximum absolute atomic E-state index is 12.8. The van der Waals surface area contributed by atoms with Gasteiger partial charge in [0.2, 0.25) is 0 Å². The molecule has 2 aromatic rings. The molecule has 0 saturated heterocycles. The molecule has 0 radical (unpaired) electrons. The van der Waals surface area contributed by atoms with Gasteiger partial charge < -0.3 is 5.73 Å². The Morgan fingerprint density at radius 3 is 2.32 bits per heavy atom. The second kappa shape index (κ2) is 4.89. The lowest BCUT2D eigenvalue weighted by Gasteiger charge is -2.10. The molecule has 2 aromatic carbocycles. The number of hydrogen-bond acceptors (Lipinski definition) is 3. The fraction of sp³-hybridized carbons (Fsp3) is 0.0769. The van der Waals surface area contributed by atoms with Crippen LogP contribution >= 0.6 is 0 Å². The average molecular weight is 280 g/mol. The molecule has 0 fully saturated rings. The predicted molar refractivity (Wildman–Crippen MR) is 72.8 cm³/mol. The van der Waals surface area contributed by atoms with Crippen LogP contribution in [0.25, 0.3) is 0 Å². The van der Waals surface area contributed by atoms with Gasteiger partial charge in [-0.05, 0) is 55.0 Å². The maximum atomic E-state index is 12.8. The van der Waals surface area contributed by atoms with E-state index in [0.717, 1.165) is 0 Å². The van der Waals surface area contributed by atoms with E-state index >= 15 is 0 Å². The average Bonchev–Trinajstić information content (AvgIpc) is 2.31. The van der Waals surface area contributed by atoms with Crippen LogP contribution in [-0.4, -0.2) is 8.42 Å². The molecule has 100 valence electrons. The molecule has 3 N–H and O–H groups in total. The van der Waals surface area contributed by atoms with E-state index < -0.39 is 15.8 Å². The maximum Gasteiger partial charge on any atom is 0.262 e. The van der Waals surface area contributed by atoms with Crippen molar-refractivity contribution in [1.29, 1.82) is 0 Å². The third-order valence-corrected chi connectivity index (χ3v) is 4.13. The summed E-state index contributed by atoms with van der Waals surface area (Å²) in [6, 6.07) is 9.64. The van der Waals surface area contributed by atoms with Crippen LogP contribution in [0.5, 0.6) is 0 Å². The van der Waals surface area contributed by atoms with Gasteiger partial charge in [-0.25, -0.2) is 12.8 Å². The fourth-order valence-electron chi connectivity index (χ4n) is 1.70. The minimum absolute atomic E-state index is 0.144. The fourth-order valence-corrected chi connectivity index (χ4v) is 2.99. The van der Waals surface area contributed by atoms with E-state index in [-0.39, 0.29) is 4.90 Å². The summed E-state index contributed by atoms with van der Waals surface area (Å²) in [6.07, 6.45) is 0. The Bertz CT molecular complexity index is 697. The van der Waals surface area contributed by atoms with E-state index in [4.69, 9.17) is 5.73 Å². The summed E-state index contributed by atoms with van der Waals surface area (Å²) < 4.78 is 39.5. The standard InChI is InChI=1S/C13H13FN2O2S/c1-9-8-11(15)4-7-13(9)19(17,18)16-12-5-2-10(14)3-6-12/h2-8,16H,15H2,1H3. The van der Waals surface area contributed by atoms with E-state index in [1.54, 1.807) is 13.0 Å². The molecule has 0 aliphatic rings. The van der Waals surface area contributed by atoms with E-state index in [1.165, 1.54) is 36.4 Å². The Labute approximate surface area is 111 Å². The number of anilines is 2. The van der Waals surface area contributed by atoms with Gasteiger partial charge in [0.25, 0.3) is 10.0 Å². The molecule has 0 spiro atoms. The van der Waals surface area contributed by atoms with Gasteiger partial charge in [-0.1, -0.05) is 0 Å². The number of hydrogen-bond donors (Lipinski definition) is 2. The van der Waals surface area contributed by atoms with Crippen LogP contribution in [0.3, 0.4) is 0 Å². The molecular formula is C13H13FN2O2S. The molecular weight excluding hydrogens is 267 g/mol. The molecule has 0 atom stereocenters. The van der Waals surface area contributed by atoms with Crippen molar-refractivity contribution >= 4 is 21.4 Å². The van der Waals surface area contributed by atoms with Crippen LogP contribution in [-0.2, 0) is 10.0 Å². The Kier molecular flexibility index (Phi) is 3.44. The number of nitrogens with one attached hydrogen (secondary N) is 1. The van der Waals surface area contributed by atoms with Crippen molar-refractivity contribution in [3.05, 3.63) is 53.8 Å². The van der Waals surface area contributed by atoms with Gasteiger partial charge in [0.15, 0.2) is 0 Å². The Morgan fingerprint density at radius 2 is 1.74 bits per heavy atom. The van der Waals surface area contributed by atoms with E-state index in [2.05, 4.69) is 4.72 Å². The lowest BCUT2D eigenvalue weighted by atomic mass is 10.2. The molecule has 0 unspecified atom stereocenters. The van der Waals surface area contributed by atoms with E-state index in [1.807, 2.05) is 0 Å². The molecule has 19 heavy (non-hydrogen) atoms. The van der Waals surface area contributed by atoms with Gasteiger partial charge in [-0.2, -0.15) is 0 Å². The first-order valence-electron chi connectivity index (χ1n) is 5.53. The van der Waals surface area contributed by atoms with Crippen molar-refractivity contribution in [2.24, 2.45) is 0 Å². The number of nitrogen functional groups attached to an aromatic ring is 1. The molecule has 0 heterocycles. The molecule has 0 amide bonds. The van der Waals surface area contributed by atoms with E-state index in [0.29, 0.717) is 16.9 Å². The molecule has 0 aromatic heterocycles. The Hall–Kier alpha value is -2.08. The number of halogens is 1. The first-order chi connectivity index (χ1) is 8.88. The highest BCUT2D eigenvalue weighted by atomic mass is 32.2. The monoisotopic (exact) mass is 280 g/mol. The summed E-state index contributed by atoms with van der Waals surface area (Å²) >= 11 is 0. The van der Waals surface area contributed by atoms with Crippen molar-refractivity contribution in [1.82, 2.24) is 0 Å². The van der Waals surface area contributed by atoms with Gasteiger partial charge in [0.1, 0.15) is 5.82 Å². The van der Waals surface area contributed by atoms with Crippen LogP contribution < -0.4 is 10.5 Å². The second-order valence-corrected chi connectivity index (χ2v) is 5.79. The van der Waals surface area contributed by atoms with Crippen LogP contribution in [0.4, 0.5) is 15.8 Å². The van der Waals surface area contributed by atoms with Gasteiger partial charge in [-0.15, -0.1) is 0 Å². The van der Waals surface area contributed by atoms with Crippen LogP contribution in [0, 0.1) is 12.7 Å². The van der Waals surface area contributed by atoms with Gasteiger partial charge in [0.05, 0.1) is 4.90 Å². The highest BCUT2D eigenvalue weighted by molar-refractivity contribution is 7.92. The number of benzene rings is 2. The minimum Gasteiger partial charge on any atom is -0.399 e. The quantitative estimate of drug-likeness (QED) is 0.848. The van der Waals surface area contributed by atoms with E-state index in [9.17, 15) is 12.8 Å². The topological polar surface area (TPSA) is 72.2 Å². The smallest absolute Gasteiger partial charge is 0.262 e. The lowest BCUT2D eigenvalue weighted by molar-refractivity contribution is 0.600. The number of nitrogens with two attached hydrogens (primary N) is 1. The zero-order valence-electron chi connectivity index (χ0n) is 10.2. The number of aryl methyl sites for hydroxylation is 1. The summed E-state index contributed by atoms with van der Waals surface area (Å²) in [6.45, 7) is 1.66. The third-order valence-electron chi connectivity index (χ3n) is 2.58. The predicted octanol–water partition coefficient (Wildman–Crippen LogP) is 2.52. The third kappa shape index (κ3) is 3.03.